The van der Waals surface area contributed by atoms with Crippen molar-refractivity contribution in [2.24, 2.45) is 0 Å². The van der Waals surface area contributed by atoms with Crippen molar-refractivity contribution >= 4 is 29.0 Å². The summed E-state index contributed by atoms with van der Waals surface area (Å²) in [5, 5.41) is 14.9. The summed E-state index contributed by atoms with van der Waals surface area (Å²) in [6, 6.07) is 36.1. The fraction of sp³-hybridized carbons (Fsp3) is 0.242. The molecule has 190 valence electrons. The standard InChI is InChI=1S/C33H35O3P/c1-4-14-31-32(22-21-30(26(3)34)33(31)35)36-25(2)23-24-37(27-15-8-5-9-16-27,28-17-10-6-11-18-28)29-19-12-7-13-20-29/h5-13,15-22,25H,4,14,23-24H2,1-3H3/p+1. The second-order valence-electron chi connectivity index (χ2n) is 9.50. The summed E-state index contributed by atoms with van der Waals surface area (Å²) in [5.41, 5.74) is 1.07. The Hall–Kier alpha value is -3.42. The van der Waals surface area contributed by atoms with Crippen LogP contribution in [0.4, 0.5) is 0 Å². The Morgan fingerprint density at radius 3 is 1.73 bits per heavy atom. The minimum atomic E-state index is -1.94. The van der Waals surface area contributed by atoms with Gasteiger partial charge in [-0.3, -0.25) is 4.79 Å². The van der Waals surface area contributed by atoms with Gasteiger partial charge in [-0.2, -0.15) is 0 Å². The number of hydrogen-bond acceptors (Lipinski definition) is 3. The van der Waals surface area contributed by atoms with Crippen molar-refractivity contribution in [3.63, 3.8) is 0 Å². The van der Waals surface area contributed by atoms with Gasteiger partial charge in [0.05, 0.1) is 17.8 Å². The normalized spacial score (nSPS) is 12.2. The van der Waals surface area contributed by atoms with Crippen molar-refractivity contribution in [1.82, 2.24) is 0 Å². The quantitative estimate of drug-likeness (QED) is 0.180. The average Bonchev–Trinajstić information content (AvgIpc) is 2.93. The first-order valence-electron chi connectivity index (χ1n) is 13.0. The van der Waals surface area contributed by atoms with Gasteiger partial charge < -0.3 is 9.84 Å². The highest BCUT2D eigenvalue weighted by atomic mass is 31.2. The predicted molar refractivity (Wildman–Crippen MR) is 157 cm³/mol. The van der Waals surface area contributed by atoms with Crippen molar-refractivity contribution in [2.75, 3.05) is 6.16 Å². The number of aromatic hydroxyl groups is 1. The zero-order valence-electron chi connectivity index (χ0n) is 21.9. The molecule has 0 aliphatic carbocycles. The van der Waals surface area contributed by atoms with Gasteiger partial charge in [0, 0.05) is 12.0 Å². The summed E-state index contributed by atoms with van der Waals surface area (Å²) in [5.74, 6) is 0.580. The number of Topliss-reactive ketones (excluding diaryl/α,β-unsaturated/α-hetero) is 1. The summed E-state index contributed by atoms with van der Waals surface area (Å²) in [4.78, 5) is 12.0. The van der Waals surface area contributed by atoms with E-state index >= 15 is 0 Å². The highest BCUT2D eigenvalue weighted by molar-refractivity contribution is 7.95. The molecule has 0 heterocycles. The third kappa shape index (κ3) is 5.78. The fourth-order valence-electron chi connectivity index (χ4n) is 5.04. The lowest BCUT2D eigenvalue weighted by Crippen LogP contribution is -2.34. The first-order chi connectivity index (χ1) is 18.0. The van der Waals surface area contributed by atoms with Gasteiger partial charge in [0.1, 0.15) is 34.7 Å². The maximum Gasteiger partial charge on any atom is 0.163 e. The third-order valence-corrected chi connectivity index (χ3v) is 11.4. The van der Waals surface area contributed by atoms with Crippen molar-refractivity contribution < 1.29 is 14.6 Å². The number of benzene rings is 4. The maximum atomic E-state index is 12.0. The van der Waals surface area contributed by atoms with Crippen molar-refractivity contribution in [2.45, 2.75) is 46.1 Å². The van der Waals surface area contributed by atoms with Crippen molar-refractivity contribution in [1.29, 1.82) is 0 Å². The van der Waals surface area contributed by atoms with Crippen LogP contribution in [0.1, 0.15) is 49.5 Å². The van der Waals surface area contributed by atoms with E-state index in [1.165, 1.54) is 22.8 Å². The van der Waals surface area contributed by atoms with Crippen molar-refractivity contribution in [3.05, 3.63) is 114 Å². The van der Waals surface area contributed by atoms with Crippen LogP contribution >= 0.6 is 7.26 Å². The molecular formula is C33H36O3P+. The number of phenols is 1. The van der Waals surface area contributed by atoms with Crippen LogP contribution < -0.4 is 20.7 Å². The molecule has 0 aliphatic heterocycles. The molecule has 0 saturated carbocycles. The SMILES string of the molecule is CCCc1c(OC(C)CC[P+](c2ccccc2)(c2ccccc2)c2ccccc2)ccc(C(C)=O)c1O. The minimum absolute atomic E-state index is 0.0544. The molecule has 3 nitrogen and oxygen atoms in total. The molecule has 0 bridgehead atoms. The van der Waals surface area contributed by atoms with E-state index in [1.807, 2.05) is 6.07 Å². The molecule has 4 aromatic carbocycles. The van der Waals surface area contributed by atoms with Gasteiger partial charge in [-0.15, -0.1) is 0 Å². The van der Waals surface area contributed by atoms with Gasteiger partial charge in [0.2, 0.25) is 0 Å². The highest BCUT2D eigenvalue weighted by Gasteiger charge is 2.45. The molecule has 1 N–H and O–H groups in total. The molecule has 1 atom stereocenters. The van der Waals surface area contributed by atoms with Crippen LogP contribution in [0, 0.1) is 0 Å². The van der Waals surface area contributed by atoms with E-state index in [2.05, 4.69) is 105 Å². The van der Waals surface area contributed by atoms with E-state index in [-0.39, 0.29) is 17.6 Å². The molecule has 0 amide bonds. The molecule has 0 saturated heterocycles. The van der Waals surface area contributed by atoms with Gasteiger partial charge in [-0.25, -0.2) is 0 Å². The second-order valence-corrected chi connectivity index (χ2v) is 13.1. The number of phenolic OH excluding ortho intramolecular Hbond substituents is 1. The Morgan fingerprint density at radius 1 is 0.811 bits per heavy atom. The topological polar surface area (TPSA) is 46.5 Å². The summed E-state index contributed by atoms with van der Waals surface area (Å²) < 4.78 is 6.46. The zero-order chi connectivity index (χ0) is 26.3. The molecular weight excluding hydrogens is 475 g/mol. The van der Waals surface area contributed by atoms with E-state index in [9.17, 15) is 9.90 Å². The first kappa shape index (κ1) is 26.6. The van der Waals surface area contributed by atoms with E-state index in [0.29, 0.717) is 17.7 Å². The lowest BCUT2D eigenvalue weighted by Gasteiger charge is -2.29. The predicted octanol–water partition coefficient (Wildman–Crippen LogP) is 6.70. The summed E-state index contributed by atoms with van der Waals surface area (Å²) in [6.07, 6.45) is 3.22. The Morgan fingerprint density at radius 2 is 1.30 bits per heavy atom. The summed E-state index contributed by atoms with van der Waals surface area (Å²) >= 11 is 0. The number of hydrogen-bond donors (Lipinski definition) is 1. The van der Waals surface area contributed by atoms with Crippen LogP contribution in [-0.2, 0) is 6.42 Å². The summed E-state index contributed by atoms with van der Waals surface area (Å²) in [6.45, 7) is 5.64. The minimum Gasteiger partial charge on any atom is -0.507 e. The number of ketones is 1. The number of ether oxygens (including phenoxy) is 1. The van der Waals surface area contributed by atoms with Crippen LogP contribution in [0.15, 0.2) is 103 Å². The van der Waals surface area contributed by atoms with Crippen LogP contribution in [0.2, 0.25) is 0 Å². The Balaban J connectivity index is 1.69. The van der Waals surface area contributed by atoms with Gasteiger partial charge in [-0.1, -0.05) is 67.9 Å². The second kappa shape index (κ2) is 12.2. The summed E-state index contributed by atoms with van der Waals surface area (Å²) in [7, 11) is -1.94. The van der Waals surface area contributed by atoms with Gasteiger partial charge in [0.25, 0.3) is 0 Å². The van der Waals surface area contributed by atoms with E-state index in [1.54, 1.807) is 6.07 Å². The van der Waals surface area contributed by atoms with Crippen LogP contribution in [0.5, 0.6) is 11.5 Å². The fourth-order valence-corrected chi connectivity index (χ4v) is 9.50. The molecule has 37 heavy (non-hydrogen) atoms. The van der Waals surface area contributed by atoms with E-state index < -0.39 is 7.26 Å². The Labute approximate surface area is 221 Å². The molecule has 0 aromatic heterocycles. The van der Waals surface area contributed by atoms with Crippen LogP contribution in [-0.4, -0.2) is 23.2 Å². The molecule has 0 aliphatic rings. The van der Waals surface area contributed by atoms with Gasteiger partial charge >= 0.3 is 0 Å². The van der Waals surface area contributed by atoms with E-state index in [0.717, 1.165) is 24.6 Å². The molecule has 0 spiro atoms. The Kier molecular flexibility index (Phi) is 8.79. The first-order valence-corrected chi connectivity index (χ1v) is 15.0. The molecule has 4 rings (SSSR count). The average molecular weight is 512 g/mol. The van der Waals surface area contributed by atoms with E-state index in [4.69, 9.17) is 4.74 Å². The van der Waals surface area contributed by atoms with Gasteiger partial charge in [-0.05, 0) is 68.8 Å². The lowest BCUT2D eigenvalue weighted by atomic mass is 10.0. The number of rotatable bonds is 11. The largest absolute Gasteiger partial charge is 0.507 e. The number of carbonyl (C=O) groups excluding carboxylic acids is 1. The molecule has 0 fully saturated rings. The van der Waals surface area contributed by atoms with Crippen LogP contribution in [0.25, 0.3) is 0 Å². The molecule has 4 aromatic rings. The lowest BCUT2D eigenvalue weighted by molar-refractivity contribution is 0.101. The van der Waals surface area contributed by atoms with Gasteiger partial charge in [0.15, 0.2) is 5.78 Å². The smallest absolute Gasteiger partial charge is 0.163 e. The van der Waals surface area contributed by atoms with Crippen LogP contribution in [0.3, 0.4) is 0 Å². The molecule has 4 heteroatoms. The zero-order valence-corrected chi connectivity index (χ0v) is 22.8. The van der Waals surface area contributed by atoms with Crippen molar-refractivity contribution in [3.8, 4) is 11.5 Å². The monoisotopic (exact) mass is 511 g/mol. The third-order valence-electron chi connectivity index (χ3n) is 6.91. The highest BCUT2D eigenvalue weighted by Crippen LogP contribution is 2.56. The molecule has 0 radical (unpaired) electrons. The Bertz CT molecular complexity index is 1210. The number of carbonyl (C=O) groups is 1. The molecule has 1 unspecified atom stereocenters. The maximum absolute atomic E-state index is 12.0.